The minimum absolute atomic E-state index is 0.0451. The molecule has 0 aromatic heterocycles. The van der Waals surface area contributed by atoms with Gasteiger partial charge in [-0.2, -0.15) is 0 Å². The molecule has 0 aliphatic heterocycles. The second-order valence-electron chi connectivity index (χ2n) is 5.78. The maximum atomic E-state index is 13.1. The van der Waals surface area contributed by atoms with Crippen molar-refractivity contribution in [2.75, 3.05) is 6.54 Å². The molecule has 0 saturated heterocycles. The predicted molar refractivity (Wildman–Crippen MR) is 73.4 cm³/mol. The van der Waals surface area contributed by atoms with Gasteiger partial charge in [-0.15, -0.1) is 0 Å². The minimum atomic E-state index is -0.482. The molecule has 0 aliphatic rings. The molecular formula is C14H21FN2O2. The van der Waals surface area contributed by atoms with E-state index in [0.717, 1.165) is 12.6 Å². The maximum absolute atomic E-state index is 13.1. The molecule has 1 rings (SSSR count). The van der Waals surface area contributed by atoms with Crippen LogP contribution in [-0.4, -0.2) is 11.5 Å². The normalized spacial score (nSPS) is 11.9. The number of nitrogens with zero attached hydrogens (tertiary/aromatic N) is 1. The summed E-state index contributed by atoms with van der Waals surface area (Å²) in [4.78, 5) is 10.4. The number of benzene rings is 1. The van der Waals surface area contributed by atoms with Gasteiger partial charge >= 0.3 is 0 Å². The zero-order chi connectivity index (χ0) is 14.6. The number of rotatable bonds is 6. The fraction of sp³-hybridized carbons (Fsp3) is 0.571. The van der Waals surface area contributed by atoms with Gasteiger partial charge in [0.15, 0.2) is 0 Å². The third-order valence-corrected chi connectivity index (χ3v) is 3.70. The average molecular weight is 268 g/mol. The van der Waals surface area contributed by atoms with Gasteiger partial charge in [0.1, 0.15) is 5.82 Å². The zero-order valence-corrected chi connectivity index (χ0v) is 11.9. The third kappa shape index (κ3) is 4.28. The highest BCUT2D eigenvalue weighted by atomic mass is 19.1. The van der Waals surface area contributed by atoms with Gasteiger partial charge in [-0.3, -0.25) is 10.1 Å². The van der Waals surface area contributed by atoms with Gasteiger partial charge in [-0.25, -0.2) is 4.39 Å². The fourth-order valence-electron chi connectivity index (χ4n) is 1.60. The molecule has 0 radical (unpaired) electrons. The van der Waals surface area contributed by atoms with Gasteiger partial charge in [-0.1, -0.05) is 27.7 Å². The van der Waals surface area contributed by atoms with Crippen molar-refractivity contribution < 1.29 is 9.31 Å². The summed E-state index contributed by atoms with van der Waals surface area (Å²) >= 11 is 0. The summed E-state index contributed by atoms with van der Waals surface area (Å²) in [5, 5.41) is 14.0. The summed E-state index contributed by atoms with van der Waals surface area (Å²) in [6.07, 6.45) is 0. The van der Waals surface area contributed by atoms with Gasteiger partial charge < -0.3 is 5.32 Å². The second kappa shape index (κ2) is 6.10. The molecule has 1 aromatic carbocycles. The Morgan fingerprint density at radius 1 is 1.42 bits per heavy atom. The van der Waals surface area contributed by atoms with Crippen LogP contribution < -0.4 is 5.32 Å². The first-order chi connectivity index (χ1) is 8.74. The van der Waals surface area contributed by atoms with Crippen LogP contribution in [0.25, 0.3) is 0 Å². The predicted octanol–water partition coefficient (Wildman–Crippen LogP) is 3.51. The van der Waals surface area contributed by atoms with E-state index < -0.39 is 10.7 Å². The first-order valence-corrected chi connectivity index (χ1v) is 6.37. The Morgan fingerprint density at radius 3 is 2.58 bits per heavy atom. The molecule has 0 atom stereocenters. The molecule has 0 bridgehead atoms. The van der Waals surface area contributed by atoms with Crippen molar-refractivity contribution in [2.24, 2.45) is 11.3 Å². The van der Waals surface area contributed by atoms with Crippen LogP contribution in [0.3, 0.4) is 0 Å². The molecule has 1 aromatic rings. The lowest BCUT2D eigenvalue weighted by molar-refractivity contribution is -0.385. The highest BCUT2D eigenvalue weighted by Gasteiger charge is 2.22. The zero-order valence-electron chi connectivity index (χ0n) is 11.9. The van der Waals surface area contributed by atoms with Crippen LogP contribution in [0.2, 0.25) is 0 Å². The lowest BCUT2D eigenvalue weighted by atomic mass is 9.81. The number of hydrogen-bond donors (Lipinski definition) is 1. The van der Waals surface area contributed by atoms with Crippen molar-refractivity contribution in [3.05, 3.63) is 39.7 Å². The summed E-state index contributed by atoms with van der Waals surface area (Å²) in [5.41, 5.74) is 0.420. The van der Waals surface area contributed by atoms with Crippen molar-refractivity contribution in [3.8, 4) is 0 Å². The van der Waals surface area contributed by atoms with Crippen molar-refractivity contribution in [3.63, 3.8) is 0 Å². The fourth-order valence-corrected chi connectivity index (χ4v) is 1.60. The Kier molecular flexibility index (Phi) is 5.00. The van der Waals surface area contributed by atoms with E-state index in [1.54, 1.807) is 0 Å². The van der Waals surface area contributed by atoms with Crippen molar-refractivity contribution in [1.29, 1.82) is 0 Å². The number of hydrogen-bond acceptors (Lipinski definition) is 3. The Hall–Kier alpha value is -1.49. The smallest absolute Gasteiger partial charge is 0.274 e. The molecule has 0 saturated carbocycles. The van der Waals surface area contributed by atoms with Crippen LogP contribution in [0.1, 0.15) is 33.3 Å². The summed E-state index contributed by atoms with van der Waals surface area (Å²) in [5.74, 6) is 0.0352. The van der Waals surface area contributed by atoms with Crippen LogP contribution >= 0.6 is 0 Å². The second-order valence-corrected chi connectivity index (χ2v) is 5.78. The highest BCUT2D eigenvalue weighted by Crippen LogP contribution is 2.25. The van der Waals surface area contributed by atoms with Crippen LogP contribution in [-0.2, 0) is 6.54 Å². The molecule has 106 valence electrons. The van der Waals surface area contributed by atoms with Gasteiger partial charge in [0.05, 0.1) is 4.92 Å². The van der Waals surface area contributed by atoms with Gasteiger partial charge in [0.2, 0.25) is 0 Å². The molecule has 1 N–H and O–H groups in total. The number of nitrogens with one attached hydrogen (secondary N) is 1. The van der Waals surface area contributed by atoms with Gasteiger partial charge in [0.25, 0.3) is 5.69 Å². The molecule has 0 heterocycles. The van der Waals surface area contributed by atoms with Crippen molar-refractivity contribution in [2.45, 2.75) is 34.2 Å². The molecule has 0 amide bonds. The van der Waals surface area contributed by atoms with E-state index in [1.165, 1.54) is 12.1 Å². The molecule has 19 heavy (non-hydrogen) atoms. The summed E-state index contributed by atoms with van der Waals surface area (Å²) in [6.45, 7) is 9.54. The first kappa shape index (κ1) is 15.6. The van der Waals surface area contributed by atoms with E-state index in [1.807, 2.05) is 0 Å². The molecular weight excluding hydrogens is 247 g/mol. The van der Waals surface area contributed by atoms with Crippen LogP contribution in [0.15, 0.2) is 18.2 Å². The van der Waals surface area contributed by atoms with E-state index in [4.69, 9.17) is 0 Å². The Balaban J connectivity index is 2.73. The molecule has 5 heteroatoms. The lowest BCUT2D eigenvalue weighted by Gasteiger charge is -2.29. The van der Waals surface area contributed by atoms with Gasteiger partial charge in [-0.05, 0) is 23.5 Å². The van der Waals surface area contributed by atoms with E-state index >= 15 is 0 Å². The maximum Gasteiger partial charge on any atom is 0.274 e. The average Bonchev–Trinajstić information content (AvgIpc) is 2.28. The van der Waals surface area contributed by atoms with E-state index in [9.17, 15) is 14.5 Å². The third-order valence-electron chi connectivity index (χ3n) is 3.70. The molecule has 0 unspecified atom stereocenters. The Morgan fingerprint density at radius 2 is 2.05 bits per heavy atom. The monoisotopic (exact) mass is 268 g/mol. The van der Waals surface area contributed by atoms with E-state index in [2.05, 4.69) is 33.0 Å². The topological polar surface area (TPSA) is 55.2 Å². The standard InChI is InChI=1S/C14H21FN2O2/c1-10(2)14(3,4)9-16-8-11-7-12(15)5-6-13(11)17(18)19/h5-7,10,16H,8-9H2,1-4H3. The molecule has 4 nitrogen and oxygen atoms in total. The van der Waals surface area contributed by atoms with E-state index in [-0.39, 0.29) is 11.1 Å². The van der Waals surface area contributed by atoms with Gasteiger partial charge in [0, 0.05) is 24.7 Å². The van der Waals surface area contributed by atoms with Crippen LogP contribution in [0, 0.1) is 27.3 Å². The number of nitro benzene ring substituents is 1. The summed E-state index contributed by atoms with van der Waals surface area (Å²) in [6, 6.07) is 3.53. The molecule has 0 aliphatic carbocycles. The highest BCUT2D eigenvalue weighted by molar-refractivity contribution is 5.40. The number of halogens is 1. The SMILES string of the molecule is CC(C)C(C)(C)CNCc1cc(F)ccc1[N+](=O)[O-]. The minimum Gasteiger partial charge on any atom is -0.312 e. The van der Waals surface area contributed by atoms with Crippen molar-refractivity contribution in [1.82, 2.24) is 5.32 Å². The van der Waals surface area contributed by atoms with Crippen molar-refractivity contribution >= 4 is 5.69 Å². The Labute approximate surface area is 113 Å². The molecule has 0 spiro atoms. The Bertz CT molecular complexity index is 459. The molecule has 0 fully saturated rings. The quantitative estimate of drug-likeness (QED) is 0.634. The number of nitro groups is 1. The largest absolute Gasteiger partial charge is 0.312 e. The van der Waals surface area contributed by atoms with E-state index in [0.29, 0.717) is 18.0 Å². The summed E-state index contributed by atoms with van der Waals surface area (Å²) in [7, 11) is 0. The first-order valence-electron chi connectivity index (χ1n) is 6.37. The lowest BCUT2D eigenvalue weighted by Crippen LogP contribution is -2.33. The van der Waals surface area contributed by atoms with Crippen LogP contribution in [0.5, 0.6) is 0 Å². The van der Waals surface area contributed by atoms with Crippen LogP contribution in [0.4, 0.5) is 10.1 Å². The summed E-state index contributed by atoms with van der Waals surface area (Å²) < 4.78 is 13.1.